The molecule has 0 amide bonds. The molecule has 0 aliphatic heterocycles. The third-order valence-corrected chi connectivity index (χ3v) is 0.496. The van der Waals surface area contributed by atoms with E-state index in [9.17, 15) is 9.59 Å². The van der Waals surface area contributed by atoms with Crippen LogP contribution < -0.4 is 0 Å². The molecule has 12 heavy (non-hydrogen) atoms. The van der Waals surface area contributed by atoms with Crippen LogP contribution in [0.3, 0.4) is 0 Å². The van der Waals surface area contributed by atoms with E-state index in [-0.39, 0.29) is 0 Å². The van der Waals surface area contributed by atoms with Gasteiger partial charge in [-0.3, -0.25) is 0 Å². The maximum Gasteiger partial charge on any atom is 0.713 e. The summed E-state index contributed by atoms with van der Waals surface area (Å²) in [7, 11) is -1.95. The molecule has 0 saturated heterocycles. The normalized spacial score (nSPS) is 8.92. The molecule has 0 unspecified atom stereocenters. The first-order chi connectivity index (χ1) is 5.52. The Morgan fingerprint density at radius 3 is 1.67 bits per heavy atom. The lowest BCUT2D eigenvalue weighted by atomic mass is 10.3. The van der Waals surface area contributed by atoms with Gasteiger partial charge >= 0.3 is 19.3 Å². The van der Waals surface area contributed by atoms with Crippen molar-refractivity contribution in [3.63, 3.8) is 0 Å². The standard InChI is InChI=1S/C4H7BO7/c1-3(6)9-11-5(8)12-10-4(2)7/h8H,1-2H3. The molecule has 0 saturated carbocycles. The Bertz CT molecular complexity index is 151. The van der Waals surface area contributed by atoms with Crippen molar-refractivity contribution in [1.82, 2.24) is 0 Å². The maximum absolute atomic E-state index is 10.1. The van der Waals surface area contributed by atoms with Gasteiger partial charge in [-0.25, -0.2) is 9.59 Å². The summed E-state index contributed by atoms with van der Waals surface area (Å²) in [6.07, 6.45) is 0. The van der Waals surface area contributed by atoms with Crippen molar-refractivity contribution in [3.8, 4) is 0 Å². The predicted molar refractivity (Wildman–Crippen MR) is 33.7 cm³/mol. The third-order valence-electron chi connectivity index (χ3n) is 0.496. The highest BCUT2D eigenvalue weighted by atomic mass is 17.3. The van der Waals surface area contributed by atoms with Crippen LogP contribution in [-0.2, 0) is 29.0 Å². The Hall–Kier alpha value is -1.12. The van der Waals surface area contributed by atoms with E-state index in [1.54, 1.807) is 0 Å². The van der Waals surface area contributed by atoms with E-state index in [4.69, 9.17) is 5.02 Å². The lowest BCUT2D eigenvalue weighted by molar-refractivity contribution is -0.272. The van der Waals surface area contributed by atoms with Crippen LogP contribution in [0.5, 0.6) is 0 Å². The van der Waals surface area contributed by atoms with Crippen LogP contribution in [-0.4, -0.2) is 24.3 Å². The van der Waals surface area contributed by atoms with E-state index in [2.05, 4.69) is 19.4 Å². The maximum atomic E-state index is 10.1. The molecule has 0 radical (unpaired) electrons. The monoisotopic (exact) mass is 178 g/mol. The summed E-state index contributed by atoms with van der Waals surface area (Å²) >= 11 is 0. The van der Waals surface area contributed by atoms with Crippen molar-refractivity contribution in [3.05, 3.63) is 0 Å². The van der Waals surface area contributed by atoms with Gasteiger partial charge in [0.15, 0.2) is 0 Å². The summed E-state index contributed by atoms with van der Waals surface area (Å²) in [4.78, 5) is 35.5. The van der Waals surface area contributed by atoms with Crippen molar-refractivity contribution < 1.29 is 34.0 Å². The minimum atomic E-state index is -1.95. The van der Waals surface area contributed by atoms with Crippen molar-refractivity contribution >= 4 is 19.3 Å². The Balaban J connectivity index is 3.39. The zero-order chi connectivity index (χ0) is 9.56. The van der Waals surface area contributed by atoms with Crippen LogP contribution in [0, 0.1) is 0 Å². The number of hydrogen-bond donors (Lipinski definition) is 1. The van der Waals surface area contributed by atoms with Gasteiger partial charge in [-0.15, -0.1) is 0 Å². The van der Waals surface area contributed by atoms with E-state index in [0.717, 1.165) is 13.8 Å². The van der Waals surface area contributed by atoms with Crippen molar-refractivity contribution in [2.24, 2.45) is 0 Å². The first kappa shape index (κ1) is 10.9. The number of carbonyl (C=O) groups is 2. The molecule has 0 aromatic rings. The summed E-state index contributed by atoms with van der Waals surface area (Å²) in [5.74, 6) is -1.55. The smallest absolute Gasteiger partial charge is 0.398 e. The molecular weight excluding hydrogens is 171 g/mol. The largest absolute Gasteiger partial charge is 0.713 e. The highest BCUT2D eigenvalue weighted by Crippen LogP contribution is 1.89. The lowest BCUT2D eigenvalue weighted by Crippen LogP contribution is -2.25. The quantitative estimate of drug-likeness (QED) is 0.333. The second kappa shape index (κ2) is 5.52. The van der Waals surface area contributed by atoms with Crippen LogP contribution in [0.4, 0.5) is 0 Å². The van der Waals surface area contributed by atoms with Gasteiger partial charge in [0.2, 0.25) is 0 Å². The molecule has 0 spiro atoms. The van der Waals surface area contributed by atoms with Crippen LogP contribution in [0.15, 0.2) is 0 Å². The SMILES string of the molecule is CC(=O)OOB(O)OOC(C)=O. The molecule has 68 valence electrons. The highest BCUT2D eigenvalue weighted by molar-refractivity contribution is 6.34. The van der Waals surface area contributed by atoms with Crippen LogP contribution in [0.1, 0.15) is 13.8 Å². The summed E-state index contributed by atoms with van der Waals surface area (Å²) in [5, 5.41) is 8.55. The van der Waals surface area contributed by atoms with Crippen LogP contribution >= 0.6 is 0 Å². The lowest BCUT2D eigenvalue weighted by Gasteiger charge is -2.03. The van der Waals surface area contributed by atoms with Crippen LogP contribution in [0.2, 0.25) is 0 Å². The minimum Gasteiger partial charge on any atom is -0.398 e. The molecular formula is C4H7BO7. The van der Waals surface area contributed by atoms with Gasteiger partial charge in [-0.1, -0.05) is 0 Å². The van der Waals surface area contributed by atoms with E-state index >= 15 is 0 Å². The fourth-order valence-electron chi connectivity index (χ4n) is 0.234. The number of hydrogen-bond acceptors (Lipinski definition) is 7. The Morgan fingerprint density at radius 2 is 1.42 bits per heavy atom. The van der Waals surface area contributed by atoms with Gasteiger partial charge in [0, 0.05) is 13.8 Å². The molecule has 0 aliphatic carbocycles. The molecule has 0 bridgehead atoms. The average Bonchev–Trinajstić information content (AvgIpc) is 1.96. The van der Waals surface area contributed by atoms with E-state index in [1.165, 1.54) is 0 Å². The average molecular weight is 178 g/mol. The van der Waals surface area contributed by atoms with E-state index < -0.39 is 19.3 Å². The minimum absolute atomic E-state index is 0.777. The summed E-state index contributed by atoms with van der Waals surface area (Å²) in [5.41, 5.74) is 0. The summed E-state index contributed by atoms with van der Waals surface area (Å²) in [6.45, 7) is 2.11. The second-order valence-electron chi connectivity index (χ2n) is 1.65. The summed E-state index contributed by atoms with van der Waals surface area (Å²) in [6, 6.07) is 0. The third kappa shape index (κ3) is 7.00. The Kier molecular flexibility index (Phi) is 5.01. The van der Waals surface area contributed by atoms with Gasteiger partial charge in [-0.2, -0.15) is 9.61 Å². The molecule has 0 heterocycles. The number of carbonyl (C=O) groups excluding carboxylic acids is 2. The first-order valence-electron chi connectivity index (χ1n) is 2.88. The first-order valence-corrected chi connectivity index (χ1v) is 2.88. The fourth-order valence-corrected chi connectivity index (χ4v) is 0.234. The van der Waals surface area contributed by atoms with Gasteiger partial charge in [-0.05, 0) is 0 Å². The van der Waals surface area contributed by atoms with E-state index in [0.29, 0.717) is 0 Å². The molecule has 0 aliphatic rings. The molecule has 7 nitrogen and oxygen atoms in total. The molecule has 1 N–H and O–H groups in total. The van der Waals surface area contributed by atoms with Gasteiger partial charge in [0.25, 0.3) is 0 Å². The van der Waals surface area contributed by atoms with Gasteiger partial charge in [0.1, 0.15) is 0 Å². The zero-order valence-corrected chi connectivity index (χ0v) is 6.47. The highest BCUT2D eigenvalue weighted by Gasteiger charge is 2.22. The molecule has 8 heteroatoms. The summed E-state index contributed by atoms with van der Waals surface area (Å²) < 4.78 is 0. The van der Waals surface area contributed by atoms with Crippen LogP contribution in [0.25, 0.3) is 0 Å². The molecule has 0 aromatic carbocycles. The molecule has 0 fully saturated rings. The van der Waals surface area contributed by atoms with E-state index in [1.807, 2.05) is 0 Å². The molecule has 0 rings (SSSR count). The van der Waals surface area contributed by atoms with Crippen molar-refractivity contribution in [2.45, 2.75) is 13.8 Å². The molecule has 0 aromatic heterocycles. The topological polar surface area (TPSA) is 91.3 Å². The number of rotatable bonds is 4. The fraction of sp³-hybridized carbons (Fsp3) is 0.500. The van der Waals surface area contributed by atoms with Gasteiger partial charge in [0.05, 0.1) is 0 Å². The Morgan fingerprint density at radius 1 is 1.08 bits per heavy atom. The predicted octanol–water partition coefficient (Wildman–Crippen LogP) is -1.05. The second-order valence-corrected chi connectivity index (χ2v) is 1.65. The van der Waals surface area contributed by atoms with Crippen molar-refractivity contribution in [1.29, 1.82) is 0 Å². The molecule has 0 atom stereocenters. The Labute approximate surface area is 68.2 Å². The van der Waals surface area contributed by atoms with Gasteiger partial charge < -0.3 is 14.8 Å². The van der Waals surface area contributed by atoms with Crippen molar-refractivity contribution in [2.75, 3.05) is 0 Å². The zero-order valence-electron chi connectivity index (χ0n) is 6.47.